The summed E-state index contributed by atoms with van der Waals surface area (Å²) < 4.78 is 5.41. The Morgan fingerprint density at radius 3 is 2.50 bits per heavy atom. The molecule has 3 atom stereocenters. The summed E-state index contributed by atoms with van der Waals surface area (Å²) in [6, 6.07) is 0.567. The predicted molar refractivity (Wildman–Crippen MR) is 53.8 cm³/mol. The van der Waals surface area contributed by atoms with Crippen LogP contribution in [0.4, 0.5) is 0 Å². The fourth-order valence-corrected chi connectivity index (χ4v) is 2.50. The maximum Gasteiger partial charge on any atom is 0.309 e. The first-order valence-corrected chi connectivity index (χ1v) is 5.42. The molecule has 0 aromatic carbocycles. The number of nitrogens with one attached hydrogen (secondary N) is 1. The van der Waals surface area contributed by atoms with Gasteiger partial charge in [0.05, 0.1) is 5.92 Å². The zero-order chi connectivity index (χ0) is 10.3. The molecule has 80 valence electrons. The van der Waals surface area contributed by atoms with Gasteiger partial charge in [-0.05, 0) is 46.1 Å². The van der Waals surface area contributed by atoms with E-state index in [9.17, 15) is 4.79 Å². The maximum absolute atomic E-state index is 11.8. The Labute approximate surface area is 85.2 Å². The number of carbonyl (C=O) groups excluding carboxylic acids is 1. The van der Waals surface area contributed by atoms with Gasteiger partial charge in [-0.25, -0.2) is 0 Å². The molecule has 3 heteroatoms. The van der Waals surface area contributed by atoms with Crippen molar-refractivity contribution in [1.82, 2.24) is 5.32 Å². The van der Waals surface area contributed by atoms with Crippen LogP contribution in [0.5, 0.6) is 0 Å². The van der Waals surface area contributed by atoms with Crippen LogP contribution in [0.3, 0.4) is 0 Å². The van der Waals surface area contributed by atoms with Gasteiger partial charge in [-0.3, -0.25) is 4.79 Å². The quantitative estimate of drug-likeness (QED) is 0.644. The van der Waals surface area contributed by atoms with Crippen molar-refractivity contribution in [3.05, 3.63) is 0 Å². The van der Waals surface area contributed by atoms with Gasteiger partial charge in [0.15, 0.2) is 0 Å². The standard InChI is InChI=1S/C11H19NO2/c1-11(2,3)14-10(13)9-5-8-4-7(9)6-12-8/h7-9,12H,4-6H2,1-3H3/t7-,8+,9-/m0/s1. The molecule has 0 aromatic heterocycles. The number of ether oxygens (including phenoxy) is 1. The highest BCUT2D eigenvalue weighted by Crippen LogP contribution is 2.37. The molecule has 0 radical (unpaired) electrons. The summed E-state index contributed by atoms with van der Waals surface area (Å²) in [6.07, 6.45) is 2.13. The second kappa shape index (κ2) is 3.23. The van der Waals surface area contributed by atoms with E-state index in [0.29, 0.717) is 12.0 Å². The molecule has 0 spiro atoms. The normalized spacial score (nSPS) is 36.1. The highest BCUT2D eigenvalue weighted by atomic mass is 16.6. The molecule has 1 saturated carbocycles. The van der Waals surface area contributed by atoms with E-state index in [1.54, 1.807) is 0 Å². The Balaban J connectivity index is 1.93. The van der Waals surface area contributed by atoms with Gasteiger partial charge in [0.2, 0.25) is 0 Å². The summed E-state index contributed by atoms with van der Waals surface area (Å²) in [7, 11) is 0. The summed E-state index contributed by atoms with van der Waals surface area (Å²) >= 11 is 0. The molecule has 2 bridgehead atoms. The minimum Gasteiger partial charge on any atom is -0.460 e. The van der Waals surface area contributed by atoms with Crippen molar-refractivity contribution >= 4 is 5.97 Å². The lowest BCUT2D eigenvalue weighted by Crippen LogP contribution is -2.37. The molecule has 1 N–H and O–H groups in total. The van der Waals surface area contributed by atoms with Crippen molar-refractivity contribution in [2.45, 2.75) is 45.3 Å². The zero-order valence-corrected chi connectivity index (χ0v) is 9.17. The van der Waals surface area contributed by atoms with E-state index < -0.39 is 0 Å². The molecule has 0 amide bonds. The third-order valence-corrected chi connectivity index (χ3v) is 3.07. The molecule has 0 unspecified atom stereocenters. The highest BCUT2D eigenvalue weighted by Gasteiger charge is 2.44. The molecule has 0 aromatic rings. The molecule has 1 saturated heterocycles. The van der Waals surface area contributed by atoms with Crippen molar-refractivity contribution in [2.24, 2.45) is 11.8 Å². The smallest absolute Gasteiger partial charge is 0.309 e. The Morgan fingerprint density at radius 2 is 2.07 bits per heavy atom. The first-order chi connectivity index (χ1) is 6.46. The van der Waals surface area contributed by atoms with Crippen LogP contribution in [0, 0.1) is 11.8 Å². The van der Waals surface area contributed by atoms with Crippen molar-refractivity contribution in [3.8, 4) is 0 Å². The van der Waals surface area contributed by atoms with Gasteiger partial charge in [-0.1, -0.05) is 0 Å². The van der Waals surface area contributed by atoms with Crippen molar-refractivity contribution in [2.75, 3.05) is 6.54 Å². The molecular formula is C11H19NO2. The lowest BCUT2D eigenvalue weighted by molar-refractivity contribution is -0.161. The van der Waals surface area contributed by atoms with E-state index in [2.05, 4.69) is 5.32 Å². The summed E-state index contributed by atoms with van der Waals surface area (Å²) in [5.74, 6) is 0.682. The second-order valence-corrected chi connectivity index (χ2v) is 5.48. The van der Waals surface area contributed by atoms with Crippen molar-refractivity contribution in [3.63, 3.8) is 0 Å². The average Bonchev–Trinajstić information content (AvgIpc) is 2.59. The molecule has 1 heterocycles. The molecule has 2 rings (SSSR count). The molecule has 3 nitrogen and oxygen atoms in total. The number of esters is 1. The Kier molecular flexibility index (Phi) is 2.30. The van der Waals surface area contributed by atoms with E-state index in [-0.39, 0.29) is 17.5 Å². The summed E-state index contributed by atoms with van der Waals surface area (Å²) in [6.45, 7) is 6.78. The van der Waals surface area contributed by atoms with Gasteiger partial charge >= 0.3 is 5.97 Å². The monoisotopic (exact) mass is 197 g/mol. The van der Waals surface area contributed by atoms with E-state index >= 15 is 0 Å². The SMILES string of the molecule is CC(C)(C)OC(=O)[C@H]1C[C@H]2C[C@H]1CN2. The third kappa shape index (κ3) is 1.92. The van der Waals surface area contributed by atoms with Crippen LogP contribution in [0.25, 0.3) is 0 Å². The average molecular weight is 197 g/mol. The van der Waals surface area contributed by atoms with Gasteiger partial charge in [0, 0.05) is 6.04 Å². The minimum atomic E-state index is -0.341. The fraction of sp³-hybridized carbons (Fsp3) is 0.909. The van der Waals surface area contributed by atoms with Crippen LogP contribution in [0.1, 0.15) is 33.6 Å². The van der Waals surface area contributed by atoms with Crippen LogP contribution in [0.15, 0.2) is 0 Å². The number of carbonyl (C=O) groups is 1. The third-order valence-electron chi connectivity index (χ3n) is 3.07. The number of hydrogen-bond donors (Lipinski definition) is 1. The second-order valence-electron chi connectivity index (χ2n) is 5.48. The topological polar surface area (TPSA) is 38.3 Å². The van der Waals surface area contributed by atoms with Crippen LogP contribution in [-0.4, -0.2) is 24.2 Å². The Bertz CT molecular complexity index is 244. The number of hydrogen-bond acceptors (Lipinski definition) is 3. The minimum absolute atomic E-state index is 0.00602. The highest BCUT2D eigenvalue weighted by molar-refractivity contribution is 5.74. The first kappa shape index (κ1) is 9.97. The maximum atomic E-state index is 11.8. The molecule has 1 aliphatic heterocycles. The van der Waals surface area contributed by atoms with E-state index in [1.165, 1.54) is 0 Å². The Hall–Kier alpha value is -0.570. The van der Waals surface area contributed by atoms with Gasteiger partial charge in [0.25, 0.3) is 0 Å². The molecule has 2 aliphatic rings. The van der Waals surface area contributed by atoms with E-state index in [4.69, 9.17) is 4.74 Å². The lowest BCUT2D eigenvalue weighted by Gasteiger charge is -2.26. The summed E-state index contributed by atoms with van der Waals surface area (Å²) in [5.41, 5.74) is -0.341. The van der Waals surface area contributed by atoms with Crippen LogP contribution in [0.2, 0.25) is 0 Å². The van der Waals surface area contributed by atoms with Gasteiger partial charge < -0.3 is 10.1 Å². The van der Waals surface area contributed by atoms with E-state index in [0.717, 1.165) is 19.4 Å². The van der Waals surface area contributed by atoms with Crippen LogP contribution < -0.4 is 5.32 Å². The van der Waals surface area contributed by atoms with Crippen molar-refractivity contribution < 1.29 is 9.53 Å². The van der Waals surface area contributed by atoms with Crippen molar-refractivity contribution in [1.29, 1.82) is 0 Å². The first-order valence-electron chi connectivity index (χ1n) is 5.42. The fourth-order valence-electron chi connectivity index (χ4n) is 2.50. The van der Waals surface area contributed by atoms with Crippen LogP contribution in [-0.2, 0) is 9.53 Å². The molecular weight excluding hydrogens is 178 g/mol. The number of rotatable bonds is 1. The largest absolute Gasteiger partial charge is 0.460 e. The summed E-state index contributed by atoms with van der Waals surface area (Å²) in [5, 5.41) is 3.40. The van der Waals surface area contributed by atoms with E-state index in [1.807, 2.05) is 20.8 Å². The number of piperidine rings is 1. The Morgan fingerprint density at radius 1 is 1.36 bits per heavy atom. The van der Waals surface area contributed by atoms with Gasteiger partial charge in [0.1, 0.15) is 5.60 Å². The molecule has 2 fully saturated rings. The predicted octanol–water partition coefficient (Wildman–Crippen LogP) is 1.33. The zero-order valence-electron chi connectivity index (χ0n) is 9.17. The summed E-state index contributed by atoms with van der Waals surface area (Å²) in [4.78, 5) is 11.8. The lowest BCUT2D eigenvalue weighted by atomic mass is 9.95. The van der Waals surface area contributed by atoms with Crippen LogP contribution >= 0.6 is 0 Å². The van der Waals surface area contributed by atoms with Gasteiger partial charge in [-0.15, -0.1) is 0 Å². The number of fused-ring (bicyclic) bond motifs is 2. The molecule has 1 aliphatic carbocycles. The molecule has 14 heavy (non-hydrogen) atoms. The van der Waals surface area contributed by atoms with Gasteiger partial charge in [-0.2, -0.15) is 0 Å².